The van der Waals surface area contributed by atoms with Crippen LogP contribution in [0.25, 0.3) is 0 Å². The molecular weight excluding hydrogens is 651 g/mol. The van der Waals surface area contributed by atoms with E-state index in [9.17, 15) is 28.7 Å². The lowest BCUT2D eigenvalue weighted by molar-refractivity contribution is -0.134. The van der Waals surface area contributed by atoms with Gasteiger partial charge in [0.25, 0.3) is 5.91 Å². The minimum atomic E-state index is -1.59. The van der Waals surface area contributed by atoms with Crippen molar-refractivity contribution in [2.75, 3.05) is 6.54 Å². The number of rotatable bonds is 14. The van der Waals surface area contributed by atoms with Gasteiger partial charge < -0.3 is 31.1 Å². The first-order chi connectivity index (χ1) is 23.4. The summed E-state index contributed by atoms with van der Waals surface area (Å²) < 4.78 is 20.6. The molecule has 1 aliphatic heterocycles. The molecule has 10 nitrogen and oxygen atoms in total. The van der Waals surface area contributed by atoms with Gasteiger partial charge in [0.2, 0.25) is 11.8 Å². The van der Waals surface area contributed by atoms with Gasteiger partial charge in [0.05, 0.1) is 6.04 Å². The Morgan fingerprint density at radius 3 is 2.37 bits per heavy atom. The van der Waals surface area contributed by atoms with E-state index >= 15 is 0 Å². The Kier molecular flexibility index (Phi) is 12.2. The van der Waals surface area contributed by atoms with Crippen molar-refractivity contribution in [1.29, 1.82) is 0 Å². The maximum atomic E-state index is 14.5. The van der Waals surface area contributed by atoms with E-state index in [0.29, 0.717) is 30.0 Å². The summed E-state index contributed by atoms with van der Waals surface area (Å²) >= 11 is 6.31. The standard InChI is InChI=1S/C37H48ClFN4O6/c1-37(2,25-11-7-12-26(38)21-25)32(23-10-6-13-27(39)19-23)49-36(48)43-30(18-22-8-4-3-5-9-22)34(46)42-29(20-24-16-17-40-33(24)45)31(44)35(47)41-28-14-15-28/h6-7,10-13,19,21-22,24,28-32,44H,3-5,8-9,14-18,20H2,1-2H3,(H,40,45)(H,41,47)(H,42,46)(H,43,48)/t24-,29-,30-,31?,32+/m0/s1. The molecule has 2 aliphatic carbocycles. The molecule has 49 heavy (non-hydrogen) atoms. The van der Waals surface area contributed by atoms with Crippen molar-refractivity contribution in [2.24, 2.45) is 11.8 Å². The van der Waals surface area contributed by atoms with E-state index in [2.05, 4.69) is 21.3 Å². The smallest absolute Gasteiger partial charge is 0.408 e. The van der Waals surface area contributed by atoms with Crippen LogP contribution in [0.3, 0.4) is 0 Å². The molecule has 2 aromatic rings. The van der Waals surface area contributed by atoms with E-state index in [0.717, 1.165) is 50.5 Å². The first-order valence-corrected chi connectivity index (χ1v) is 17.8. The van der Waals surface area contributed by atoms with Crippen LogP contribution in [0.4, 0.5) is 9.18 Å². The van der Waals surface area contributed by atoms with Crippen molar-refractivity contribution in [2.45, 2.75) is 114 Å². The first kappa shape index (κ1) is 36.6. The van der Waals surface area contributed by atoms with Crippen molar-refractivity contribution in [3.05, 3.63) is 70.5 Å². The number of aliphatic hydroxyl groups is 1. The van der Waals surface area contributed by atoms with Crippen molar-refractivity contribution in [3.8, 4) is 0 Å². The van der Waals surface area contributed by atoms with Crippen molar-refractivity contribution in [1.82, 2.24) is 21.3 Å². The summed E-state index contributed by atoms with van der Waals surface area (Å²) in [7, 11) is 0. The zero-order valence-corrected chi connectivity index (χ0v) is 28.9. The van der Waals surface area contributed by atoms with Gasteiger partial charge in [-0.3, -0.25) is 14.4 Å². The first-order valence-electron chi connectivity index (χ1n) is 17.5. The maximum Gasteiger partial charge on any atom is 0.408 e. The van der Waals surface area contributed by atoms with E-state index in [1.165, 1.54) is 12.1 Å². The molecule has 5 rings (SSSR count). The lowest BCUT2D eigenvalue weighted by Gasteiger charge is -2.35. The van der Waals surface area contributed by atoms with E-state index < -0.39 is 59.3 Å². The molecule has 2 aromatic carbocycles. The summed E-state index contributed by atoms with van der Waals surface area (Å²) in [5.41, 5.74) is 0.312. The van der Waals surface area contributed by atoms with Gasteiger partial charge in [-0.2, -0.15) is 0 Å². The number of hydrogen-bond acceptors (Lipinski definition) is 6. The third kappa shape index (κ3) is 9.94. The Hall–Kier alpha value is -3.70. The minimum Gasteiger partial charge on any atom is -0.440 e. The van der Waals surface area contributed by atoms with Gasteiger partial charge in [0.15, 0.2) is 6.10 Å². The van der Waals surface area contributed by atoms with E-state index in [1.54, 1.807) is 30.3 Å². The fourth-order valence-corrected chi connectivity index (χ4v) is 7.23. The Morgan fingerprint density at radius 2 is 1.71 bits per heavy atom. The van der Waals surface area contributed by atoms with Crippen molar-refractivity contribution < 1.29 is 33.4 Å². The highest BCUT2D eigenvalue weighted by molar-refractivity contribution is 6.30. The van der Waals surface area contributed by atoms with Gasteiger partial charge in [-0.05, 0) is 73.4 Å². The Morgan fingerprint density at radius 1 is 0.980 bits per heavy atom. The number of halogens is 2. The average molecular weight is 699 g/mol. The van der Waals surface area contributed by atoms with Gasteiger partial charge in [0, 0.05) is 28.9 Å². The lowest BCUT2D eigenvalue weighted by atomic mass is 9.76. The predicted molar refractivity (Wildman–Crippen MR) is 183 cm³/mol. The second-order valence-corrected chi connectivity index (χ2v) is 14.8. The van der Waals surface area contributed by atoms with Crippen LogP contribution in [-0.2, 0) is 24.5 Å². The summed E-state index contributed by atoms with van der Waals surface area (Å²) in [5, 5.41) is 22.7. The lowest BCUT2D eigenvalue weighted by Crippen LogP contribution is -2.57. The number of hydrogen-bond donors (Lipinski definition) is 5. The molecule has 5 N–H and O–H groups in total. The topological polar surface area (TPSA) is 146 Å². The highest BCUT2D eigenvalue weighted by Crippen LogP contribution is 2.41. The molecule has 266 valence electrons. The SMILES string of the molecule is CC(C)(c1cccc(Cl)c1)[C@H](OC(=O)N[C@@H](CC1CCCCC1)C(=O)N[C@@H](C[C@@H]1CCNC1=O)C(O)C(=O)NC1CC1)c1cccc(F)c1. The summed E-state index contributed by atoms with van der Waals surface area (Å²) in [4.78, 5) is 53.2. The molecule has 0 aromatic heterocycles. The van der Waals surface area contributed by atoms with Crippen LogP contribution in [-0.4, -0.2) is 59.7 Å². The number of ether oxygens (including phenoxy) is 1. The van der Waals surface area contributed by atoms with E-state index in [-0.39, 0.29) is 24.3 Å². The van der Waals surface area contributed by atoms with Gasteiger partial charge in [-0.25, -0.2) is 9.18 Å². The molecule has 12 heteroatoms. The number of carbonyl (C=O) groups excluding carboxylic acids is 4. The Balaban J connectivity index is 1.38. The fourth-order valence-electron chi connectivity index (χ4n) is 7.04. The van der Waals surface area contributed by atoms with Gasteiger partial charge in [-0.15, -0.1) is 0 Å². The molecule has 4 amide bonds. The van der Waals surface area contributed by atoms with Crippen LogP contribution < -0.4 is 21.3 Å². The second kappa shape index (κ2) is 16.3. The number of alkyl carbamates (subject to hydrolysis) is 1. The molecule has 0 spiro atoms. The molecule has 3 fully saturated rings. The summed E-state index contributed by atoms with van der Waals surface area (Å²) in [6.07, 6.45) is 4.03. The quantitative estimate of drug-likeness (QED) is 0.183. The van der Waals surface area contributed by atoms with Gasteiger partial charge >= 0.3 is 6.09 Å². The third-order valence-corrected chi connectivity index (χ3v) is 10.3. The van der Waals surface area contributed by atoms with E-state index in [1.807, 2.05) is 19.9 Å². The van der Waals surface area contributed by atoms with Crippen LogP contribution >= 0.6 is 11.6 Å². The molecule has 1 unspecified atom stereocenters. The van der Waals surface area contributed by atoms with Crippen LogP contribution in [0.5, 0.6) is 0 Å². The maximum absolute atomic E-state index is 14.5. The van der Waals surface area contributed by atoms with Crippen LogP contribution in [0.15, 0.2) is 48.5 Å². The number of amides is 4. The highest BCUT2D eigenvalue weighted by atomic mass is 35.5. The molecule has 0 radical (unpaired) electrons. The molecule has 3 aliphatic rings. The highest BCUT2D eigenvalue weighted by Gasteiger charge is 2.40. The Labute approximate surface area is 292 Å². The molecule has 1 heterocycles. The molecule has 2 saturated carbocycles. The van der Waals surface area contributed by atoms with Gasteiger partial charge in [-0.1, -0.05) is 81.8 Å². The van der Waals surface area contributed by atoms with Crippen molar-refractivity contribution >= 4 is 35.4 Å². The summed E-state index contributed by atoms with van der Waals surface area (Å²) in [5.74, 6) is -2.20. The molecule has 1 saturated heterocycles. The molecular formula is C37H48ClFN4O6. The largest absolute Gasteiger partial charge is 0.440 e. The molecule has 0 bridgehead atoms. The van der Waals surface area contributed by atoms with Crippen LogP contribution in [0.2, 0.25) is 5.02 Å². The molecule has 5 atom stereocenters. The van der Waals surface area contributed by atoms with Crippen LogP contribution in [0, 0.1) is 17.7 Å². The monoisotopic (exact) mass is 698 g/mol. The van der Waals surface area contributed by atoms with Gasteiger partial charge in [0.1, 0.15) is 18.0 Å². The number of nitrogens with one attached hydrogen (secondary N) is 4. The second-order valence-electron chi connectivity index (χ2n) is 14.4. The average Bonchev–Trinajstić information content (AvgIpc) is 3.80. The normalized spacial score (nSPS) is 20.8. The predicted octanol–water partition coefficient (Wildman–Crippen LogP) is 5.21. The van der Waals surface area contributed by atoms with Crippen molar-refractivity contribution in [3.63, 3.8) is 0 Å². The number of aliphatic hydroxyl groups excluding tert-OH is 1. The number of benzene rings is 2. The third-order valence-electron chi connectivity index (χ3n) is 10.1. The summed E-state index contributed by atoms with van der Waals surface area (Å²) in [6.45, 7) is 4.21. The van der Waals surface area contributed by atoms with Crippen LogP contribution in [0.1, 0.15) is 95.3 Å². The Bertz CT molecular complexity index is 1500. The summed E-state index contributed by atoms with van der Waals surface area (Å²) in [6, 6.07) is 10.9. The number of carbonyl (C=O) groups is 4. The fraction of sp³-hybridized carbons (Fsp3) is 0.568. The zero-order chi connectivity index (χ0) is 35.1. The van der Waals surface area contributed by atoms with E-state index in [4.69, 9.17) is 16.3 Å². The minimum absolute atomic E-state index is 0.00837. The zero-order valence-electron chi connectivity index (χ0n) is 28.2.